The smallest absolute Gasteiger partial charge is 0.259 e. The molecule has 3 nitrogen and oxygen atoms in total. The molecule has 0 aliphatic rings. The first-order chi connectivity index (χ1) is 10.4. The third-order valence-corrected chi connectivity index (χ3v) is 3.96. The summed E-state index contributed by atoms with van der Waals surface area (Å²) in [6.45, 7) is 3.81. The Morgan fingerprint density at radius 3 is 2.50 bits per heavy atom. The summed E-state index contributed by atoms with van der Waals surface area (Å²) in [5.41, 5.74) is 1.00. The summed E-state index contributed by atoms with van der Waals surface area (Å²) in [4.78, 5) is 12.5. The van der Waals surface area contributed by atoms with E-state index < -0.39 is 0 Å². The van der Waals surface area contributed by atoms with Crippen LogP contribution in [0.25, 0.3) is 0 Å². The Hall–Kier alpha value is -1.23. The van der Waals surface area contributed by atoms with Gasteiger partial charge in [0.15, 0.2) is 0 Å². The lowest BCUT2D eigenvalue weighted by molar-refractivity contribution is 0.102. The Labute approximate surface area is 147 Å². The van der Waals surface area contributed by atoms with Gasteiger partial charge in [0.05, 0.1) is 21.7 Å². The molecule has 0 aliphatic heterocycles. The first-order valence-corrected chi connectivity index (χ1v) is 8.14. The quantitative estimate of drug-likeness (QED) is 0.702. The second-order valence-corrected chi connectivity index (χ2v) is 6.62. The summed E-state index contributed by atoms with van der Waals surface area (Å²) in [6, 6.07) is 10.2. The van der Waals surface area contributed by atoms with E-state index in [0.29, 0.717) is 27.0 Å². The zero-order valence-corrected chi connectivity index (χ0v) is 15.1. The zero-order chi connectivity index (χ0) is 16.3. The highest BCUT2D eigenvalue weighted by atomic mass is 79.9. The van der Waals surface area contributed by atoms with Crippen molar-refractivity contribution < 1.29 is 9.53 Å². The van der Waals surface area contributed by atoms with Crippen LogP contribution in [0.2, 0.25) is 10.0 Å². The van der Waals surface area contributed by atoms with Crippen LogP contribution in [0, 0.1) is 0 Å². The Morgan fingerprint density at radius 2 is 1.86 bits per heavy atom. The molecular weight excluding hydrogens is 389 g/mol. The van der Waals surface area contributed by atoms with Gasteiger partial charge in [-0.2, -0.15) is 0 Å². The first kappa shape index (κ1) is 17.1. The van der Waals surface area contributed by atoms with Gasteiger partial charge in [-0.3, -0.25) is 4.79 Å². The maximum Gasteiger partial charge on any atom is 0.259 e. The predicted octanol–water partition coefficient (Wildman–Crippen LogP) is 5.80. The summed E-state index contributed by atoms with van der Waals surface area (Å²) in [6.07, 6.45) is -0.0299. The lowest BCUT2D eigenvalue weighted by Gasteiger charge is -2.14. The minimum atomic E-state index is -0.282. The molecule has 116 valence electrons. The molecule has 1 amide bonds. The van der Waals surface area contributed by atoms with Gasteiger partial charge >= 0.3 is 0 Å². The Kier molecular flexibility index (Phi) is 5.73. The van der Waals surface area contributed by atoms with Crippen LogP contribution in [0.1, 0.15) is 24.2 Å². The number of rotatable bonds is 4. The van der Waals surface area contributed by atoms with E-state index in [4.69, 9.17) is 27.9 Å². The molecule has 0 atom stereocenters. The topological polar surface area (TPSA) is 38.3 Å². The SMILES string of the molecule is CC(C)Oc1ccc(Br)cc1C(=O)Nc1ccc(Cl)c(Cl)c1. The third kappa shape index (κ3) is 4.38. The minimum absolute atomic E-state index is 0.0299. The van der Waals surface area contributed by atoms with E-state index in [2.05, 4.69) is 21.2 Å². The zero-order valence-electron chi connectivity index (χ0n) is 12.0. The molecule has 0 aromatic heterocycles. The molecule has 1 N–H and O–H groups in total. The molecule has 22 heavy (non-hydrogen) atoms. The van der Waals surface area contributed by atoms with Gasteiger partial charge in [0.1, 0.15) is 5.75 Å². The molecule has 2 rings (SSSR count). The average Bonchev–Trinajstić information content (AvgIpc) is 2.44. The fourth-order valence-electron chi connectivity index (χ4n) is 1.81. The standard InChI is InChI=1S/C16H14BrCl2NO2/c1-9(2)22-15-6-3-10(17)7-12(15)16(21)20-11-4-5-13(18)14(19)8-11/h3-9H,1-2H3,(H,20,21). The minimum Gasteiger partial charge on any atom is -0.490 e. The lowest BCUT2D eigenvalue weighted by atomic mass is 10.1. The van der Waals surface area contributed by atoms with E-state index >= 15 is 0 Å². The molecular formula is C16H14BrCl2NO2. The third-order valence-electron chi connectivity index (χ3n) is 2.73. The van der Waals surface area contributed by atoms with E-state index in [1.54, 1.807) is 30.3 Å². The van der Waals surface area contributed by atoms with Crippen molar-refractivity contribution in [1.82, 2.24) is 0 Å². The van der Waals surface area contributed by atoms with Crippen molar-refractivity contribution in [2.24, 2.45) is 0 Å². The molecule has 0 spiro atoms. The maximum absolute atomic E-state index is 12.5. The number of halogens is 3. The van der Waals surface area contributed by atoms with Crippen LogP contribution in [0.4, 0.5) is 5.69 Å². The molecule has 0 heterocycles. The van der Waals surface area contributed by atoms with Crippen LogP contribution in [-0.2, 0) is 0 Å². The van der Waals surface area contributed by atoms with Gasteiger partial charge in [-0.1, -0.05) is 39.1 Å². The summed E-state index contributed by atoms with van der Waals surface area (Å²) < 4.78 is 6.47. The molecule has 0 saturated heterocycles. The van der Waals surface area contributed by atoms with Gasteiger partial charge in [0.25, 0.3) is 5.91 Å². The summed E-state index contributed by atoms with van der Waals surface area (Å²) >= 11 is 15.2. The monoisotopic (exact) mass is 401 g/mol. The normalized spacial score (nSPS) is 10.6. The van der Waals surface area contributed by atoms with Gasteiger partial charge in [-0.15, -0.1) is 0 Å². The second kappa shape index (κ2) is 7.36. The van der Waals surface area contributed by atoms with Crippen LogP contribution in [0.15, 0.2) is 40.9 Å². The molecule has 2 aromatic rings. The molecule has 0 fully saturated rings. The van der Waals surface area contributed by atoms with E-state index in [1.165, 1.54) is 0 Å². The lowest BCUT2D eigenvalue weighted by Crippen LogP contribution is -2.15. The maximum atomic E-state index is 12.5. The summed E-state index contributed by atoms with van der Waals surface area (Å²) in [5, 5.41) is 3.60. The van der Waals surface area contributed by atoms with Crippen molar-refractivity contribution >= 4 is 50.7 Å². The van der Waals surface area contributed by atoms with Crippen LogP contribution < -0.4 is 10.1 Å². The fourth-order valence-corrected chi connectivity index (χ4v) is 2.47. The van der Waals surface area contributed by atoms with Crippen molar-refractivity contribution in [3.05, 3.63) is 56.5 Å². The Morgan fingerprint density at radius 1 is 1.14 bits per heavy atom. The van der Waals surface area contributed by atoms with Crippen molar-refractivity contribution in [3.63, 3.8) is 0 Å². The highest BCUT2D eigenvalue weighted by Crippen LogP contribution is 2.28. The molecule has 6 heteroatoms. The van der Waals surface area contributed by atoms with E-state index in [9.17, 15) is 4.79 Å². The van der Waals surface area contributed by atoms with Gasteiger partial charge in [0, 0.05) is 10.2 Å². The van der Waals surface area contributed by atoms with Crippen molar-refractivity contribution in [2.75, 3.05) is 5.32 Å². The van der Waals surface area contributed by atoms with Gasteiger partial charge in [-0.05, 0) is 50.2 Å². The van der Waals surface area contributed by atoms with E-state index in [1.807, 2.05) is 19.9 Å². The number of hydrogen-bond acceptors (Lipinski definition) is 2. The predicted molar refractivity (Wildman–Crippen MR) is 94.3 cm³/mol. The second-order valence-electron chi connectivity index (χ2n) is 4.89. The Bertz CT molecular complexity index is 705. The molecule has 0 bridgehead atoms. The first-order valence-electron chi connectivity index (χ1n) is 6.59. The molecule has 2 aromatic carbocycles. The van der Waals surface area contributed by atoms with Crippen LogP contribution in [0.5, 0.6) is 5.75 Å². The summed E-state index contributed by atoms with van der Waals surface area (Å²) in [7, 11) is 0. The van der Waals surface area contributed by atoms with Crippen molar-refractivity contribution in [3.8, 4) is 5.75 Å². The van der Waals surface area contributed by atoms with Crippen LogP contribution >= 0.6 is 39.1 Å². The Balaban J connectivity index is 2.28. The fraction of sp³-hybridized carbons (Fsp3) is 0.188. The van der Waals surface area contributed by atoms with Gasteiger partial charge < -0.3 is 10.1 Å². The number of amides is 1. The number of carbonyl (C=O) groups excluding carboxylic acids is 1. The number of hydrogen-bond donors (Lipinski definition) is 1. The highest BCUT2D eigenvalue weighted by molar-refractivity contribution is 9.10. The molecule has 0 saturated carbocycles. The number of benzene rings is 2. The molecule has 0 aliphatic carbocycles. The number of nitrogens with one attached hydrogen (secondary N) is 1. The summed E-state index contributed by atoms with van der Waals surface area (Å²) in [5.74, 6) is 0.242. The molecule has 0 unspecified atom stereocenters. The van der Waals surface area contributed by atoms with Crippen LogP contribution in [0.3, 0.4) is 0 Å². The number of carbonyl (C=O) groups is 1. The highest BCUT2D eigenvalue weighted by Gasteiger charge is 2.15. The average molecular weight is 403 g/mol. The van der Waals surface area contributed by atoms with Crippen LogP contribution in [-0.4, -0.2) is 12.0 Å². The molecule has 0 radical (unpaired) electrons. The number of anilines is 1. The van der Waals surface area contributed by atoms with Gasteiger partial charge in [0.2, 0.25) is 0 Å². The van der Waals surface area contributed by atoms with E-state index in [0.717, 1.165) is 4.47 Å². The van der Waals surface area contributed by atoms with E-state index in [-0.39, 0.29) is 12.0 Å². The largest absolute Gasteiger partial charge is 0.490 e. The number of ether oxygens (including phenoxy) is 1. The van der Waals surface area contributed by atoms with Gasteiger partial charge in [-0.25, -0.2) is 0 Å². The van der Waals surface area contributed by atoms with Crippen molar-refractivity contribution in [1.29, 1.82) is 0 Å². The van der Waals surface area contributed by atoms with Crippen molar-refractivity contribution in [2.45, 2.75) is 20.0 Å².